The number of hydrazone groups is 1. The largest absolute Gasteiger partial charge is 0.378 e. The maximum Gasteiger partial charge on any atom is 0.246 e. The van der Waals surface area contributed by atoms with Crippen LogP contribution in [0.2, 0.25) is 0 Å². The summed E-state index contributed by atoms with van der Waals surface area (Å²) in [5.41, 5.74) is 7.11. The van der Waals surface area contributed by atoms with Gasteiger partial charge in [-0.05, 0) is 32.4 Å². The van der Waals surface area contributed by atoms with Crippen molar-refractivity contribution in [2.24, 2.45) is 5.10 Å². The zero-order valence-electron chi connectivity index (χ0n) is 18.3. The molecule has 9 heteroatoms. The van der Waals surface area contributed by atoms with Gasteiger partial charge in [-0.3, -0.25) is 0 Å². The maximum atomic E-state index is 5.54. The van der Waals surface area contributed by atoms with Gasteiger partial charge in [0, 0.05) is 18.0 Å². The number of aromatic nitrogens is 3. The fourth-order valence-electron chi connectivity index (χ4n) is 3.85. The molecule has 164 valence electrons. The molecule has 1 aromatic carbocycles. The van der Waals surface area contributed by atoms with Crippen molar-refractivity contribution >= 4 is 39.5 Å². The molecule has 3 aromatic heterocycles. The van der Waals surface area contributed by atoms with Gasteiger partial charge in [-0.1, -0.05) is 35.0 Å². The van der Waals surface area contributed by atoms with Crippen molar-refractivity contribution in [3.05, 3.63) is 52.9 Å². The highest BCUT2D eigenvalue weighted by molar-refractivity contribution is 7.22. The molecule has 1 aliphatic heterocycles. The molecule has 0 aliphatic carbocycles. The van der Waals surface area contributed by atoms with Crippen LogP contribution >= 0.6 is 11.3 Å². The molecule has 0 atom stereocenters. The Morgan fingerprint density at radius 2 is 1.97 bits per heavy atom. The zero-order valence-corrected chi connectivity index (χ0v) is 19.1. The third kappa shape index (κ3) is 4.09. The second-order valence-corrected chi connectivity index (χ2v) is 8.81. The number of hydrogen-bond acceptors (Lipinski definition) is 9. The van der Waals surface area contributed by atoms with E-state index in [0.29, 0.717) is 19.2 Å². The summed E-state index contributed by atoms with van der Waals surface area (Å²) < 4.78 is 10.9. The van der Waals surface area contributed by atoms with E-state index in [2.05, 4.69) is 45.7 Å². The third-order valence-corrected chi connectivity index (χ3v) is 6.43. The first-order chi connectivity index (χ1) is 15.6. The molecule has 0 bridgehead atoms. The van der Waals surface area contributed by atoms with Crippen molar-refractivity contribution in [1.29, 1.82) is 0 Å². The fourth-order valence-corrected chi connectivity index (χ4v) is 5.02. The van der Waals surface area contributed by atoms with E-state index in [-0.39, 0.29) is 0 Å². The molecular weight excluding hydrogens is 424 g/mol. The lowest BCUT2D eigenvalue weighted by molar-refractivity contribution is 0.122. The predicted molar refractivity (Wildman–Crippen MR) is 128 cm³/mol. The highest BCUT2D eigenvalue weighted by Crippen LogP contribution is 2.39. The lowest BCUT2D eigenvalue weighted by atomic mass is 10.1. The van der Waals surface area contributed by atoms with Crippen LogP contribution in [0.25, 0.3) is 20.7 Å². The zero-order chi connectivity index (χ0) is 22.1. The molecule has 0 spiro atoms. The quantitative estimate of drug-likeness (QED) is 0.354. The second-order valence-electron chi connectivity index (χ2n) is 7.78. The van der Waals surface area contributed by atoms with Gasteiger partial charge in [0.15, 0.2) is 0 Å². The molecule has 8 nitrogen and oxygen atoms in total. The van der Waals surface area contributed by atoms with Gasteiger partial charge in [-0.25, -0.2) is 10.4 Å². The number of ether oxygens (including phenoxy) is 1. The Bertz CT molecular complexity index is 1270. The smallest absolute Gasteiger partial charge is 0.246 e. The molecule has 1 fully saturated rings. The van der Waals surface area contributed by atoms with Crippen LogP contribution < -0.4 is 10.3 Å². The Hall–Kier alpha value is -3.30. The average Bonchev–Trinajstić information content (AvgIpc) is 3.36. The van der Waals surface area contributed by atoms with Gasteiger partial charge in [0.2, 0.25) is 5.95 Å². The van der Waals surface area contributed by atoms with Gasteiger partial charge < -0.3 is 14.2 Å². The van der Waals surface area contributed by atoms with Gasteiger partial charge >= 0.3 is 0 Å². The van der Waals surface area contributed by atoms with Crippen molar-refractivity contribution in [1.82, 2.24) is 15.1 Å². The van der Waals surface area contributed by atoms with E-state index < -0.39 is 0 Å². The Labute approximate surface area is 189 Å². The summed E-state index contributed by atoms with van der Waals surface area (Å²) in [6.45, 7) is 8.88. The topological polar surface area (TPSA) is 88.7 Å². The van der Waals surface area contributed by atoms with Gasteiger partial charge in [0.1, 0.15) is 16.4 Å². The fraction of sp³-hybridized carbons (Fsp3) is 0.304. The molecule has 0 radical (unpaired) electrons. The number of thiophene rings is 1. The van der Waals surface area contributed by atoms with E-state index in [4.69, 9.17) is 19.2 Å². The first-order valence-electron chi connectivity index (χ1n) is 10.5. The number of nitrogens with one attached hydrogen (secondary N) is 1. The monoisotopic (exact) mass is 448 g/mol. The number of hydrogen-bond donors (Lipinski definition) is 1. The van der Waals surface area contributed by atoms with E-state index in [1.807, 2.05) is 26.0 Å². The number of rotatable bonds is 5. The maximum absolute atomic E-state index is 5.54. The van der Waals surface area contributed by atoms with E-state index in [9.17, 15) is 0 Å². The molecule has 1 N–H and O–H groups in total. The van der Waals surface area contributed by atoms with Crippen LogP contribution in [0.15, 0.2) is 40.0 Å². The molecule has 0 unspecified atom stereocenters. The highest BCUT2D eigenvalue weighted by atomic mass is 32.1. The number of morpholine rings is 1. The summed E-state index contributed by atoms with van der Waals surface area (Å²) in [7, 11) is 0. The minimum Gasteiger partial charge on any atom is -0.378 e. The Morgan fingerprint density at radius 1 is 1.12 bits per heavy atom. The summed E-state index contributed by atoms with van der Waals surface area (Å²) in [6.07, 6.45) is 1.78. The van der Waals surface area contributed by atoms with Crippen LogP contribution in [-0.2, 0) is 4.74 Å². The minimum atomic E-state index is 0.468. The van der Waals surface area contributed by atoms with E-state index in [1.54, 1.807) is 17.6 Å². The van der Waals surface area contributed by atoms with Crippen molar-refractivity contribution in [2.75, 3.05) is 36.6 Å². The summed E-state index contributed by atoms with van der Waals surface area (Å²) in [4.78, 5) is 13.8. The van der Waals surface area contributed by atoms with Crippen molar-refractivity contribution < 1.29 is 9.26 Å². The molecule has 1 aliphatic rings. The Morgan fingerprint density at radius 3 is 2.72 bits per heavy atom. The molecule has 4 heterocycles. The Kier molecular flexibility index (Phi) is 5.59. The third-order valence-electron chi connectivity index (χ3n) is 5.38. The lowest BCUT2D eigenvalue weighted by Gasteiger charge is -2.28. The summed E-state index contributed by atoms with van der Waals surface area (Å²) >= 11 is 1.61. The van der Waals surface area contributed by atoms with Crippen LogP contribution in [-0.4, -0.2) is 47.6 Å². The van der Waals surface area contributed by atoms with Gasteiger partial charge in [-0.15, -0.1) is 11.3 Å². The van der Waals surface area contributed by atoms with Gasteiger partial charge in [0.05, 0.1) is 36.1 Å². The molecule has 5 rings (SSSR count). The summed E-state index contributed by atoms with van der Waals surface area (Å²) in [5, 5.41) is 9.49. The van der Waals surface area contributed by atoms with Gasteiger partial charge in [-0.2, -0.15) is 10.1 Å². The molecule has 0 amide bonds. The summed E-state index contributed by atoms with van der Waals surface area (Å²) in [6, 6.07) is 10.3. The lowest BCUT2D eigenvalue weighted by Crippen LogP contribution is -2.37. The number of anilines is 2. The van der Waals surface area contributed by atoms with Crippen molar-refractivity contribution in [3.63, 3.8) is 0 Å². The number of fused-ring (bicyclic) bond motifs is 1. The van der Waals surface area contributed by atoms with E-state index in [0.717, 1.165) is 56.6 Å². The Balaban J connectivity index is 1.53. The van der Waals surface area contributed by atoms with Crippen LogP contribution in [0.4, 0.5) is 11.8 Å². The normalized spacial score (nSPS) is 14.5. The van der Waals surface area contributed by atoms with Crippen molar-refractivity contribution in [3.8, 4) is 10.4 Å². The summed E-state index contributed by atoms with van der Waals surface area (Å²) in [5.74, 6) is 2.16. The highest BCUT2D eigenvalue weighted by Gasteiger charge is 2.22. The van der Waals surface area contributed by atoms with Crippen LogP contribution in [0, 0.1) is 20.8 Å². The molecule has 32 heavy (non-hydrogen) atoms. The van der Waals surface area contributed by atoms with Crippen LogP contribution in [0.5, 0.6) is 0 Å². The molecule has 4 aromatic rings. The SMILES string of the molecule is Cc1cccc(/C=N/Nc2nc(N3CCOCC3)c3cc(-c4c(C)noc4C)sc3n2)c1. The van der Waals surface area contributed by atoms with E-state index >= 15 is 0 Å². The predicted octanol–water partition coefficient (Wildman–Crippen LogP) is 4.55. The first kappa shape index (κ1) is 20.6. The second kappa shape index (κ2) is 8.68. The van der Waals surface area contributed by atoms with Crippen LogP contribution in [0.3, 0.4) is 0 Å². The first-order valence-corrected chi connectivity index (χ1v) is 11.3. The number of aryl methyl sites for hydroxylation is 3. The van der Waals surface area contributed by atoms with Crippen molar-refractivity contribution in [2.45, 2.75) is 20.8 Å². The van der Waals surface area contributed by atoms with Gasteiger partial charge in [0.25, 0.3) is 0 Å². The minimum absolute atomic E-state index is 0.468. The van der Waals surface area contributed by atoms with E-state index in [1.165, 1.54) is 5.56 Å². The molecular formula is C23H24N6O2S. The molecule has 1 saturated heterocycles. The standard InChI is InChI=1S/C23H24N6O2S/c1-14-5-4-6-17(11-14)13-24-27-23-25-21(29-7-9-30-10-8-29)18-12-19(32-22(18)26-23)20-15(2)28-31-16(20)3/h4-6,11-13H,7-10H2,1-3H3,(H,25,26,27)/b24-13+. The average molecular weight is 449 g/mol. The molecule has 0 saturated carbocycles. The number of benzene rings is 1. The number of nitrogens with zero attached hydrogens (tertiary/aromatic N) is 5. The van der Waals surface area contributed by atoms with Crippen LogP contribution in [0.1, 0.15) is 22.6 Å².